The Balaban J connectivity index is 1.56. The van der Waals surface area contributed by atoms with Crippen LogP contribution in [0.2, 0.25) is 0 Å². The van der Waals surface area contributed by atoms with Crippen molar-refractivity contribution in [3.05, 3.63) is 65.1 Å². The highest BCUT2D eigenvalue weighted by Crippen LogP contribution is 2.40. The first-order chi connectivity index (χ1) is 22.2. The number of ether oxygens (including phenoxy) is 3. The summed E-state index contributed by atoms with van der Waals surface area (Å²) >= 11 is 0. The molecule has 0 spiro atoms. The van der Waals surface area contributed by atoms with Crippen LogP contribution in [0.1, 0.15) is 83.2 Å². The molecule has 7 rings (SSSR count). The third-order valence-electron chi connectivity index (χ3n) is 9.06. The molecular weight excluding hydrogens is 599 g/mol. The lowest BCUT2D eigenvalue weighted by atomic mass is 9.92. The van der Waals surface area contributed by atoms with Crippen molar-refractivity contribution in [2.75, 3.05) is 24.6 Å². The first kappa shape index (κ1) is 32.9. The van der Waals surface area contributed by atoms with Gasteiger partial charge in [0, 0.05) is 37.0 Å². The molecule has 3 aliphatic heterocycles. The lowest BCUT2D eigenvalue weighted by Crippen LogP contribution is -2.46. The van der Waals surface area contributed by atoms with Crippen molar-refractivity contribution in [2.45, 2.75) is 97.6 Å². The molecule has 0 aliphatic carbocycles. The molecule has 6 bridgehead atoms. The number of hydrogen-bond acceptors (Lipinski definition) is 7. The maximum Gasteiger partial charge on any atom is 0.337 e. The molecule has 9 nitrogen and oxygen atoms in total. The highest BCUT2D eigenvalue weighted by atomic mass is 19.1. The van der Waals surface area contributed by atoms with Crippen molar-refractivity contribution in [3.63, 3.8) is 0 Å². The van der Waals surface area contributed by atoms with E-state index in [-0.39, 0.29) is 17.5 Å². The van der Waals surface area contributed by atoms with Gasteiger partial charge in [-0.3, -0.25) is 0 Å². The van der Waals surface area contributed by atoms with Crippen molar-refractivity contribution in [2.24, 2.45) is 0 Å². The second-order valence-electron chi connectivity index (χ2n) is 14.2. The smallest absolute Gasteiger partial charge is 0.337 e. The van der Waals surface area contributed by atoms with Crippen LogP contribution in [0.5, 0.6) is 5.75 Å². The fourth-order valence-electron chi connectivity index (χ4n) is 6.67. The van der Waals surface area contributed by atoms with Crippen LogP contribution in [-0.4, -0.2) is 62.7 Å². The zero-order valence-corrected chi connectivity index (χ0v) is 28.4. The molecule has 4 aromatic rings. The molecule has 10 heteroatoms. The van der Waals surface area contributed by atoms with E-state index in [1.54, 1.807) is 4.52 Å². The molecule has 1 N–H and O–H groups in total. The van der Waals surface area contributed by atoms with Crippen LogP contribution >= 0.6 is 0 Å². The largest absolute Gasteiger partial charge is 0.490 e. The third-order valence-corrected chi connectivity index (χ3v) is 9.06. The van der Waals surface area contributed by atoms with Crippen molar-refractivity contribution in [1.82, 2.24) is 14.6 Å². The second-order valence-corrected chi connectivity index (χ2v) is 14.2. The standard InChI is InChI=1S/C37H45FN4O5/c1-22-18-27(38)32-26-12-8-11-25(20-26)28-21-30-39-24(3)31(33(35(43)44)47-36(4,5)6)34(42(30)40-28)41-15-13-37(7,14-16-41)45-17-9-10-23(2)46-29(32)19-22/h8,11-12,18-21,23,33H,9-10,13-17H2,1-7H3,(H,43,44). The first-order valence-corrected chi connectivity index (χ1v) is 16.5. The number of carboxylic acids is 1. The lowest BCUT2D eigenvalue weighted by molar-refractivity contribution is -0.160. The summed E-state index contributed by atoms with van der Waals surface area (Å²) in [5, 5.41) is 15.5. The molecule has 3 aliphatic rings. The maximum atomic E-state index is 15.7. The van der Waals surface area contributed by atoms with Crippen molar-refractivity contribution in [3.8, 4) is 28.1 Å². The van der Waals surface area contributed by atoms with Gasteiger partial charge < -0.3 is 24.2 Å². The monoisotopic (exact) mass is 644 g/mol. The van der Waals surface area contributed by atoms with E-state index in [0.29, 0.717) is 65.0 Å². The van der Waals surface area contributed by atoms with Crippen molar-refractivity contribution in [1.29, 1.82) is 0 Å². The summed E-state index contributed by atoms with van der Waals surface area (Å²) in [6.45, 7) is 15.2. The number of halogens is 1. The Bertz CT molecular complexity index is 1800. The third kappa shape index (κ3) is 6.85. The van der Waals surface area contributed by atoms with Gasteiger partial charge in [0.15, 0.2) is 11.8 Å². The molecule has 0 amide bonds. The molecule has 2 unspecified atom stereocenters. The van der Waals surface area contributed by atoms with Crippen LogP contribution < -0.4 is 9.64 Å². The fourth-order valence-corrected chi connectivity index (χ4v) is 6.67. The number of fused-ring (bicyclic) bond motifs is 7. The van der Waals surface area contributed by atoms with E-state index in [9.17, 15) is 9.90 Å². The van der Waals surface area contributed by atoms with Crippen molar-refractivity contribution < 1.29 is 28.5 Å². The number of nitrogens with zero attached hydrogens (tertiary/aromatic N) is 4. The van der Waals surface area contributed by atoms with E-state index in [1.807, 2.05) is 77.9 Å². The minimum absolute atomic E-state index is 0.140. The number of carbonyl (C=O) groups is 1. The maximum absolute atomic E-state index is 15.7. The molecule has 2 aromatic heterocycles. The number of aromatic nitrogens is 3. The normalized spacial score (nSPS) is 21.1. The summed E-state index contributed by atoms with van der Waals surface area (Å²) in [7, 11) is 0. The van der Waals surface area contributed by atoms with Gasteiger partial charge in [-0.05, 0) is 103 Å². The SMILES string of the molecule is Cc1cc(F)c2c(c1)OC(C)CCCOC1(C)CCN(CC1)c1c(C(OC(C)(C)C)C(=O)O)c(C)nc3cc(nn13)-c1cccc-2c1. The second kappa shape index (κ2) is 12.5. The van der Waals surface area contributed by atoms with Crippen LogP contribution in [0.3, 0.4) is 0 Å². The highest BCUT2D eigenvalue weighted by molar-refractivity contribution is 5.80. The van der Waals surface area contributed by atoms with E-state index < -0.39 is 17.7 Å². The highest BCUT2D eigenvalue weighted by Gasteiger charge is 2.38. The number of aliphatic carboxylic acids is 1. The Morgan fingerprint density at radius 2 is 1.85 bits per heavy atom. The Morgan fingerprint density at radius 3 is 2.55 bits per heavy atom. The predicted octanol–water partition coefficient (Wildman–Crippen LogP) is 7.70. The van der Waals surface area contributed by atoms with Gasteiger partial charge in [-0.1, -0.05) is 18.2 Å². The Kier molecular flexibility index (Phi) is 8.78. The number of rotatable bonds is 3. The van der Waals surface area contributed by atoms with Crippen LogP contribution in [0, 0.1) is 19.7 Å². The van der Waals surface area contributed by atoms with Crippen LogP contribution in [0.25, 0.3) is 28.0 Å². The molecule has 0 saturated carbocycles. The van der Waals surface area contributed by atoms with E-state index in [0.717, 1.165) is 36.8 Å². The zero-order chi connectivity index (χ0) is 33.7. The fraction of sp³-hybridized carbons (Fsp3) is 0.486. The number of carboxylic acid groups (broad SMARTS) is 1. The molecule has 47 heavy (non-hydrogen) atoms. The Morgan fingerprint density at radius 1 is 1.13 bits per heavy atom. The molecule has 0 radical (unpaired) electrons. The van der Waals surface area contributed by atoms with Gasteiger partial charge in [0.1, 0.15) is 17.4 Å². The predicted molar refractivity (Wildman–Crippen MR) is 180 cm³/mol. The average Bonchev–Trinajstić information content (AvgIpc) is 3.41. The Hall–Kier alpha value is -4.02. The van der Waals surface area contributed by atoms with Gasteiger partial charge in [0.2, 0.25) is 0 Å². The van der Waals surface area contributed by atoms with Gasteiger partial charge in [-0.15, -0.1) is 0 Å². The number of aryl methyl sites for hydroxylation is 2. The summed E-state index contributed by atoms with van der Waals surface area (Å²) < 4.78 is 36.5. The minimum Gasteiger partial charge on any atom is -0.490 e. The van der Waals surface area contributed by atoms with Crippen LogP contribution in [0.15, 0.2) is 42.5 Å². The van der Waals surface area contributed by atoms with E-state index in [1.165, 1.54) is 6.07 Å². The van der Waals surface area contributed by atoms with Gasteiger partial charge in [0.05, 0.1) is 34.1 Å². The van der Waals surface area contributed by atoms with Gasteiger partial charge >= 0.3 is 5.97 Å². The quantitative estimate of drug-likeness (QED) is 0.242. The molecular formula is C37H45FN4O5. The van der Waals surface area contributed by atoms with Crippen LogP contribution in [-0.2, 0) is 14.3 Å². The molecule has 2 aromatic carbocycles. The topological polar surface area (TPSA) is 98.4 Å². The number of piperidine rings is 1. The van der Waals surface area contributed by atoms with E-state index in [4.69, 9.17) is 24.3 Å². The Labute approximate surface area is 275 Å². The summed E-state index contributed by atoms with van der Waals surface area (Å²) in [5.41, 5.74) is 3.84. The molecule has 5 heterocycles. The zero-order valence-electron chi connectivity index (χ0n) is 28.4. The summed E-state index contributed by atoms with van der Waals surface area (Å²) in [6, 6.07) is 12.9. The summed E-state index contributed by atoms with van der Waals surface area (Å²) in [6.07, 6.45) is 1.67. The molecule has 2 atom stereocenters. The van der Waals surface area contributed by atoms with E-state index in [2.05, 4.69) is 11.8 Å². The number of benzene rings is 2. The van der Waals surface area contributed by atoms with Crippen molar-refractivity contribution >= 4 is 17.4 Å². The molecule has 1 fully saturated rings. The van der Waals surface area contributed by atoms with Gasteiger partial charge in [-0.2, -0.15) is 9.61 Å². The minimum atomic E-state index is -1.26. The first-order valence-electron chi connectivity index (χ1n) is 16.5. The summed E-state index contributed by atoms with van der Waals surface area (Å²) in [5.74, 6) is -0.287. The van der Waals surface area contributed by atoms with E-state index >= 15 is 4.39 Å². The average molecular weight is 645 g/mol. The molecule has 250 valence electrons. The molecule has 1 saturated heterocycles. The van der Waals surface area contributed by atoms with Gasteiger partial charge in [-0.25, -0.2) is 14.2 Å². The lowest BCUT2D eigenvalue weighted by Gasteiger charge is -2.41. The van der Waals surface area contributed by atoms with Gasteiger partial charge in [0.25, 0.3) is 0 Å². The summed E-state index contributed by atoms with van der Waals surface area (Å²) in [4.78, 5) is 19.8. The number of hydrogen-bond donors (Lipinski definition) is 1. The van der Waals surface area contributed by atoms with Crippen LogP contribution in [0.4, 0.5) is 10.2 Å². The number of anilines is 1.